The highest BCUT2D eigenvalue weighted by Crippen LogP contribution is 2.20. The number of methoxy groups -OCH3 is 1. The predicted octanol–water partition coefficient (Wildman–Crippen LogP) is 0.297. The molecule has 1 saturated heterocycles. The molecule has 1 atom stereocenters. The Bertz CT molecular complexity index is 384. The Morgan fingerprint density at radius 1 is 1.55 bits per heavy atom. The fourth-order valence-corrected chi connectivity index (χ4v) is 4.18. The highest BCUT2D eigenvalue weighted by Gasteiger charge is 2.32. The average Bonchev–Trinajstić information content (AvgIpc) is 2.44. The number of nitrogens with one attached hydrogen (secondary N) is 1. The summed E-state index contributed by atoms with van der Waals surface area (Å²) >= 11 is 0. The van der Waals surface area contributed by atoms with Gasteiger partial charge in [-0.05, 0) is 32.4 Å². The molecule has 7 heteroatoms. The van der Waals surface area contributed by atoms with Crippen molar-refractivity contribution in [3.63, 3.8) is 0 Å². The van der Waals surface area contributed by atoms with Crippen LogP contribution < -0.4 is 5.32 Å². The van der Waals surface area contributed by atoms with Gasteiger partial charge in [-0.3, -0.25) is 0 Å². The first-order valence-electron chi connectivity index (χ1n) is 7.06. The van der Waals surface area contributed by atoms with Crippen LogP contribution in [0.1, 0.15) is 12.8 Å². The quantitative estimate of drug-likeness (QED) is 0.622. The maximum Gasteiger partial charge on any atom is 0.282 e. The lowest BCUT2D eigenvalue weighted by molar-refractivity contribution is 0.175. The Morgan fingerprint density at radius 2 is 2.30 bits per heavy atom. The van der Waals surface area contributed by atoms with Gasteiger partial charge in [0.25, 0.3) is 10.2 Å². The van der Waals surface area contributed by atoms with Crippen LogP contribution >= 0.6 is 0 Å². The van der Waals surface area contributed by atoms with Crippen molar-refractivity contribution < 1.29 is 13.2 Å². The van der Waals surface area contributed by atoms with Crippen molar-refractivity contribution in [1.29, 1.82) is 0 Å². The second-order valence-corrected chi connectivity index (χ2v) is 7.00. The van der Waals surface area contributed by atoms with E-state index in [1.807, 2.05) is 7.05 Å². The Labute approximate surface area is 123 Å². The van der Waals surface area contributed by atoms with Gasteiger partial charge in [0.1, 0.15) is 0 Å². The minimum atomic E-state index is -3.42. The van der Waals surface area contributed by atoms with E-state index in [1.165, 1.54) is 4.31 Å². The minimum Gasteiger partial charge on any atom is -0.383 e. The molecule has 1 aliphatic rings. The van der Waals surface area contributed by atoms with Crippen LogP contribution in [-0.4, -0.2) is 70.5 Å². The van der Waals surface area contributed by atoms with Crippen LogP contribution in [0.5, 0.6) is 0 Å². The number of hydrogen-bond acceptors (Lipinski definition) is 4. The zero-order valence-electron chi connectivity index (χ0n) is 12.5. The molecular formula is C13H27N3O3S. The third-order valence-electron chi connectivity index (χ3n) is 3.50. The molecule has 0 aromatic carbocycles. The van der Waals surface area contributed by atoms with Gasteiger partial charge in [0.15, 0.2) is 0 Å². The second kappa shape index (κ2) is 8.74. The number of hydrogen-bond donors (Lipinski definition) is 1. The SMILES string of the molecule is C=CCN(CCOC)S(=O)(=O)N1CCCC(CNC)C1. The largest absolute Gasteiger partial charge is 0.383 e. The number of ether oxygens (including phenoxy) is 1. The summed E-state index contributed by atoms with van der Waals surface area (Å²) in [6.07, 6.45) is 3.60. The van der Waals surface area contributed by atoms with Crippen LogP contribution in [0.2, 0.25) is 0 Å². The summed E-state index contributed by atoms with van der Waals surface area (Å²) in [4.78, 5) is 0. The molecule has 1 fully saturated rings. The van der Waals surface area contributed by atoms with Crippen molar-refractivity contribution in [2.45, 2.75) is 12.8 Å². The summed E-state index contributed by atoms with van der Waals surface area (Å²) in [6, 6.07) is 0. The van der Waals surface area contributed by atoms with Gasteiger partial charge in [0, 0.05) is 33.3 Å². The summed E-state index contributed by atoms with van der Waals surface area (Å²) in [5.74, 6) is 0.386. The molecule has 1 heterocycles. The molecule has 0 amide bonds. The summed E-state index contributed by atoms with van der Waals surface area (Å²) in [5.41, 5.74) is 0. The van der Waals surface area contributed by atoms with Crippen LogP contribution in [0, 0.1) is 5.92 Å². The monoisotopic (exact) mass is 305 g/mol. The van der Waals surface area contributed by atoms with Crippen LogP contribution in [-0.2, 0) is 14.9 Å². The average molecular weight is 305 g/mol. The first-order valence-corrected chi connectivity index (χ1v) is 8.45. The van der Waals surface area contributed by atoms with Crippen molar-refractivity contribution in [3.8, 4) is 0 Å². The molecule has 0 aromatic heterocycles. The molecule has 0 bridgehead atoms. The van der Waals surface area contributed by atoms with Gasteiger partial charge in [0.2, 0.25) is 0 Å². The van der Waals surface area contributed by atoms with Gasteiger partial charge >= 0.3 is 0 Å². The van der Waals surface area contributed by atoms with Gasteiger partial charge in [-0.25, -0.2) is 0 Å². The van der Waals surface area contributed by atoms with E-state index in [9.17, 15) is 8.42 Å². The van der Waals surface area contributed by atoms with Gasteiger partial charge in [-0.1, -0.05) is 6.08 Å². The second-order valence-electron chi connectivity index (χ2n) is 5.07. The third-order valence-corrected chi connectivity index (χ3v) is 5.47. The lowest BCUT2D eigenvalue weighted by Crippen LogP contribution is -2.49. The van der Waals surface area contributed by atoms with E-state index in [2.05, 4.69) is 11.9 Å². The van der Waals surface area contributed by atoms with Crippen LogP contribution in [0.25, 0.3) is 0 Å². The summed E-state index contributed by atoms with van der Waals surface area (Å²) in [7, 11) is 0.0487. The molecule has 0 aromatic rings. The Hall–Kier alpha value is -0.470. The smallest absolute Gasteiger partial charge is 0.282 e. The molecule has 1 rings (SSSR count). The molecule has 0 aliphatic carbocycles. The van der Waals surface area contributed by atoms with Gasteiger partial charge in [-0.15, -0.1) is 6.58 Å². The molecule has 20 heavy (non-hydrogen) atoms. The molecule has 1 unspecified atom stereocenters. The zero-order valence-corrected chi connectivity index (χ0v) is 13.4. The minimum absolute atomic E-state index is 0.318. The summed E-state index contributed by atoms with van der Waals surface area (Å²) < 4.78 is 33.3. The van der Waals surface area contributed by atoms with E-state index in [0.717, 1.165) is 19.4 Å². The first kappa shape index (κ1) is 17.6. The molecule has 6 nitrogen and oxygen atoms in total. The van der Waals surface area contributed by atoms with Crippen LogP contribution in [0.4, 0.5) is 0 Å². The molecule has 0 radical (unpaired) electrons. The molecule has 0 spiro atoms. The van der Waals surface area contributed by atoms with E-state index < -0.39 is 10.2 Å². The lowest BCUT2D eigenvalue weighted by Gasteiger charge is -2.35. The fraction of sp³-hybridized carbons (Fsp3) is 0.846. The third kappa shape index (κ3) is 4.82. The number of piperidine rings is 1. The molecule has 0 saturated carbocycles. The maximum atomic E-state index is 12.7. The maximum absolute atomic E-state index is 12.7. The van der Waals surface area contributed by atoms with Gasteiger partial charge in [-0.2, -0.15) is 17.0 Å². The van der Waals surface area contributed by atoms with E-state index in [-0.39, 0.29) is 0 Å². The lowest BCUT2D eigenvalue weighted by atomic mass is 10.00. The van der Waals surface area contributed by atoms with Crippen LogP contribution in [0.15, 0.2) is 12.7 Å². The predicted molar refractivity (Wildman–Crippen MR) is 80.8 cm³/mol. The van der Waals surface area contributed by atoms with E-state index in [0.29, 0.717) is 38.7 Å². The van der Waals surface area contributed by atoms with Crippen molar-refractivity contribution in [1.82, 2.24) is 13.9 Å². The molecule has 118 valence electrons. The van der Waals surface area contributed by atoms with Crippen molar-refractivity contribution in [2.24, 2.45) is 5.92 Å². The topological polar surface area (TPSA) is 61.9 Å². The van der Waals surface area contributed by atoms with Gasteiger partial charge < -0.3 is 10.1 Å². The Balaban J connectivity index is 2.74. The summed E-state index contributed by atoms with van der Waals surface area (Å²) in [5, 5.41) is 3.13. The summed E-state index contributed by atoms with van der Waals surface area (Å²) in [6.45, 7) is 6.74. The first-order chi connectivity index (χ1) is 9.56. The molecular weight excluding hydrogens is 278 g/mol. The van der Waals surface area contributed by atoms with Crippen LogP contribution in [0.3, 0.4) is 0 Å². The molecule has 1 aliphatic heterocycles. The van der Waals surface area contributed by atoms with Crippen molar-refractivity contribution in [3.05, 3.63) is 12.7 Å². The van der Waals surface area contributed by atoms with E-state index >= 15 is 0 Å². The highest BCUT2D eigenvalue weighted by molar-refractivity contribution is 7.86. The van der Waals surface area contributed by atoms with Crippen molar-refractivity contribution >= 4 is 10.2 Å². The number of nitrogens with zero attached hydrogens (tertiary/aromatic N) is 2. The van der Waals surface area contributed by atoms with E-state index in [1.54, 1.807) is 17.5 Å². The van der Waals surface area contributed by atoms with E-state index in [4.69, 9.17) is 4.74 Å². The Morgan fingerprint density at radius 3 is 2.90 bits per heavy atom. The Kier molecular flexibility index (Phi) is 7.68. The number of rotatable bonds is 9. The zero-order chi connectivity index (χ0) is 15.0. The van der Waals surface area contributed by atoms with Gasteiger partial charge in [0.05, 0.1) is 6.61 Å². The normalized spacial score (nSPS) is 21.2. The molecule has 1 N–H and O–H groups in total. The fourth-order valence-electron chi connectivity index (χ4n) is 2.49. The highest BCUT2D eigenvalue weighted by atomic mass is 32.2. The van der Waals surface area contributed by atoms with Crippen molar-refractivity contribution in [2.75, 3.05) is 53.5 Å². The standard InChI is InChI=1S/C13H27N3O3S/c1-4-7-15(9-10-19-3)20(17,18)16-8-5-6-13(12-16)11-14-2/h4,13-14H,1,5-12H2,2-3H3.